The molecule has 4 rings (SSSR count). The lowest BCUT2D eigenvalue weighted by Gasteiger charge is -2.18. The predicted octanol–water partition coefficient (Wildman–Crippen LogP) is 4.29. The molecular formula is C21H19F3N4O. The number of aromatic nitrogens is 3. The molecule has 0 radical (unpaired) electrons. The smallest absolute Gasteiger partial charge is 0.282 e. The van der Waals surface area contributed by atoms with Gasteiger partial charge in [0.15, 0.2) is 0 Å². The largest absolute Gasteiger partial charge is 0.341 e. The molecule has 3 aromatic rings. The Kier molecular flexibility index (Phi) is 4.64. The van der Waals surface area contributed by atoms with Gasteiger partial charge in [-0.05, 0) is 49.6 Å². The number of hydrogen-bond donors (Lipinski definition) is 1. The van der Waals surface area contributed by atoms with Crippen LogP contribution in [0.3, 0.4) is 0 Å². The molecule has 0 unspecified atom stereocenters. The lowest BCUT2D eigenvalue weighted by Crippen LogP contribution is -2.36. The van der Waals surface area contributed by atoms with Gasteiger partial charge in [-0.2, -0.15) is 5.10 Å². The molecule has 2 aromatic heterocycles. The number of amides is 1. The summed E-state index contributed by atoms with van der Waals surface area (Å²) in [7, 11) is 1.45. The van der Waals surface area contributed by atoms with E-state index in [0.717, 1.165) is 21.9 Å². The molecule has 2 heterocycles. The van der Waals surface area contributed by atoms with Gasteiger partial charge in [0, 0.05) is 18.8 Å². The third kappa shape index (κ3) is 3.62. The zero-order chi connectivity index (χ0) is 20.8. The van der Waals surface area contributed by atoms with E-state index in [1.165, 1.54) is 13.1 Å². The molecule has 0 aliphatic heterocycles. The number of benzene rings is 1. The summed E-state index contributed by atoms with van der Waals surface area (Å²) in [6, 6.07) is 9.46. The average molecular weight is 400 g/mol. The summed E-state index contributed by atoms with van der Waals surface area (Å²) in [5, 5.41) is 6.59. The summed E-state index contributed by atoms with van der Waals surface area (Å²) < 4.78 is 40.9. The number of carbonyl (C=O) groups is 1. The second-order valence-corrected chi connectivity index (χ2v) is 7.33. The quantitative estimate of drug-likeness (QED) is 0.695. The van der Waals surface area contributed by atoms with Gasteiger partial charge in [-0.25, -0.2) is 13.2 Å². The minimum absolute atomic E-state index is 0.0676. The lowest BCUT2D eigenvalue weighted by molar-refractivity contribution is 0.0921. The van der Waals surface area contributed by atoms with Crippen molar-refractivity contribution in [2.24, 2.45) is 7.05 Å². The Morgan fingerprint density at radius 3 is 2.55 bits per heavy atom. The van der Waals surface area contributed by atoms with Gasteiger partial charge >= 0.3 is 0 Å². The van der Waals surface area contributed by atoms with Crippen molar-refractivity contribution >= 4 is 5.91 Å². The van der Waals surface area contributed by atoms with E-state index in [-0.39, 0.29) is 11.5 Å². The number of rotatable bonds is 5. The highest BCUT2D eigenvalue weighted by Gasteiger charge is 2.46. The Labute approximate surface area is 165 Å². The van der Waals surface area contributed by atoms with Crippen LogP contribution in [0.15, 0.2) is 42.6 Å². The SMILES string of the molecule is Cc1ccc(F)c(-c2ccc(C3(NC(=O)c4cc(C(F)F)nn4C)CC3)cn2)c1. The molecule has 150 valence electrons. The maximum atomic E-state index is 14.1. The summed E-state index contributed by atoms with van der Waals surface area (Å²) in [5.74, 6) is -0.825. The monoisotopic (exact) mass is 400 g/mol. The Balaban J connectivity index is 1.55. The maximum Gasteiger partial charge on any atom is 0.282 e. The van der Waals surface area contributed by atoms with Gasteiger partial charge in [-0.15, -0.1) is 0 Å². The molecule has 1 fully saturated rings. The van der Waals surface area contributed by atoms with Crippen LogP contribution >= 0.6 is 0 Å². The van der Waals surface area contributed by atoms with Gasteiger partial charge in [0.05, 0.1) is 11.2 Å². The molecule has 1 aliphatic rings. The molecular weight excluding hydrogens is 381 g/mol. The number of pyridine rings is 1. The second kappa shape index (κ2) is 7.02. The Hall–Kier alpha value is -3.16. The number of aryl methyl sites for hydroxylation is 2. The highest BCUT2D eigenvalue weighted by atomic mass is 19.3. The summed E-state index contributed by atoms with van der Waals surface area (Å²) in [5.41, 5.74) is 1.68. The van der Waals surface area contributed by atoms with Crippen molar-refractivity contribution in [1.82, 2.24) is 20.1 Å². The Morgan fingerprint density at radius 2 is 1.97 bits per heavy atom. The number of nitrogens with zero attached hydrogens (tertiary/aromatic N) is 3. The molecule has 0 bridgehead atoms. The van der Waals surface area contributed by atoms with Gasteiger partial charge < -0.3 is 5.32 Å². The first kappa shape index (κ1) is 19.2. The molecule has 0 saturated heterocycles. The molecule has 29 heavy (non-hydrogen) atoms. The van der Waals surface area contributed by atoms with Gasteiger partial charge in [0.25, 0.3) is 12.3 Å². The van der Waals surface area contributed by atoms with Crippen LogP contribution in [0.5, 0.6) is 0 Å². The number of alkyl halides is 2. The van der Waals surface area contributed by atoms with E-state index in [4.69, 9.17) is 0 Å². The summed E-state index contributed by atoms with van der Waals surface area (Å²) >= 11 is 0. The summed E-state index contributed by atoms with van der Waals surface area (Å²) in [6.45, 7) is 1.88. The van der Waals surface area contributed by atoms with E-state index in [2.05, 4.69) is 15.4 Å². The maximum absolute atomic E-state index is 14.1. The molecule has 1 aliphatic carbocycles. The molecule has 5 nitrogen and oxygen atoms in total. The highest BCUT2D eigenvalue weighted by molar-refractivity contribution is 5.93. The van der Waals surface area contributed by atoms with E-state index in [1.807, 2.05) is 13.0 Å². The van der Waals surface area contributed by atoms with Crippen molar-refractivity contribution in [1.29, 1.82) is 0 Å². The van der Waals surface area contributed by atoms with Crippen LogP contribution in [-0.2, 0) is 12.6 Å². The molecule has 1 N–H and O–H groups in total. The first-order chi connectivity index (χ1) is 13.8. The zero-order valence-electron chi connectivity index (χ0n) is 15.9. The first-order valence-electron chi connectivity index (χ1n) is 9.17. The van der Waals surface area contributed by atoms with Crippen LogP contribution < -0.4 is 5.32 Å². The van der Waals surface area contributed by atoms with Crippen molar-refractivity contribution in [2.75, 3.05) is 0 Å². The third-order valence-electron chi connectivity index (χ3n) is 5.17. The summed E-state index contributed by atoms with van der Waals surface area (Å²) in [6.07, 6.45) is 0.297. The standard InChI is InChI=1S/C21H19F3N4O/c1-12-3-5-15(22)14(9-12)16-6-4-13(11-25-16)21(7-8-21)26-20(29)18-10-17(19(23)24)27-28(18)2/h3-6,9-11,19H,7-8H2,1-2H3,(H,26,29). The number of hydrogen-bond acceptors (Lipinski definition) is 3. The van der Waals surface area contributed by atoms with Crippen molar-refractivity contribution in [3.8, 4) is 11.3 Å². The van der Waals surface area contributed by atoms with E-state index in [1.54, 1.807) is 24.4 Å². The molecule has 1 saturated carbocycles. The molecule has 0 spiro atoms. The highest BCUT2D eigenvalue weighted by Crippen LogP contribution is 2.45. The van der Waals surface area contributed by atoms with Crippen molar-refractivity contribution in [2.45, 2.75) is 31.7 Å². The number of carbonyl (C=O) groups excluding carboxylic acids is 1. The van der Waals surface area contributed by atoms with Gasteiger partial charge in [0.2, 0.25) is 0 Å². The fourth-order valence-corrected chi connectivity index (χ4v) is 3.37. The molecule has 8 heteroatoms. The number of nitrogens with one attached hydrogen (secondary N) is 1. The van der Waals surface area contributed by atoms with Crippen molar-refractivity contribution in [3.63, 3.8) is 0 Å². The van der Waals surface area contributed by atoms with Crippen LogP contribution in [0.4, 0.5) is 13.2 Å². The van der Waals surface area contributed by atoms with Crippen LogP contribution in [-0.4, -0.2) is 20.7 Å². The molecule has 0 atom stereocenters. The van der Waals surface area contributed by atoms with Crippen molar-refractivity contribution < 1.29 is 18.0 Å². The summed E-state index contributed by atoms with van der Waals surface area (Å²) in [4.78, 5) is 17.0. The fourth-order valence-electron chi connectivity index (χ4n) is 3.37. The topological polar surface area (TPSA) is 59.8 Å². The predicted molar refractivity (Wildman–Crippen MR) is 101 cm³/mol. The van der Waals surface area contributed by atoms with Crippen LogP contribution in [0, 0.1) is 12.7 Å². The fraction of sp³-hybridized carbons (Fsp3) is 0.286. The second-order valence-electron chi connectivity index (χ2n) is 7.33. The van der Waals surface area contributed by atoms with E-state index >= 15 is 0 Å². The van der Waals surface area contributed by atoms with E-state index in [9.17, 15) is 18.0 Å². The average Bonchev–Trinajstić information content (AvgIpc) is 3.36. The minimum atomic E-state index is -2.74. The molecule has 1 aromatic carbocycles. The van der Waals surface area contributed by atoms with Gasteiger partial charge in [-0.3, -0.25) is 14.5 Å². The van der Waals surface area contributed by atoms with E-state index in [0.29, 0.717) is 24.1 Å². The van der Waals surface area contributed by atoms with Crippen LogP contribution in [0.2, 0.25) is 0 Å². The third-order valence-corrected chi connectivity index (χ3v) is 5.17. The number of halogens is 3. The van der Waals surface area contributed by atoms with Gasteiger partial charge in [-0.1, -0.05) is 17.7 Å². The zero-order valence-corrected chi connectivity index (χ0v) is 15.9. The van der Waals surface area contributed by atoms with Crippen LogP contribution in [0.25, 0.3) is 11.3 Å². The minimum Gasteiger partial charge on any atom is -0.341 e. The molecule has 1 amide bonds. The van der Waals surface area contributed by atoms with Crippen LogP contribution in [0.1, 0.15) is 46.6 Å². The van der Waals surface area contributed by atoms with Crippen molar-refractivity contribution in [3.05, 3.63) is 70.9 Å². The lowest BCUT2D eigenvalue weighted by atomic mass is 10.0. The first-order valence-corrected chi connectivity index (χ1v) is 9.17. The Bertz CT molecular complexity index is 1070. The normalized spacial score (nSPS) is 14.8. The van der Waals surface area contributed by atoms with Gasteiger partial charge in [0.1, 0.15) is 17.2 Å². The van der Waals surface area contributed by atoms with E-state index < -0.39 is 23.6 Å². The Morgan fingerprint density at radius 1 is 1.21 bits per heavy atom.